The number of para-hydroxylation sites is 1. The average molecular weight is 291 g/mol. The van der Waals surface area contributed by atoms with Gasteiger partial charge in [-0.1, -0.05) is 18.2 Å². The number of ether oxygens (including phenoxy) is 1. The fraction of sp³-hybridized carbons (Fsp3) is 0.562. The number of nitrogens with one attached hydrogen (secondary N) is 3. The number of rotatable bonds is 4. The summed E-state index contributed by atoms with van der Waals surface area (Å²) in [7, 11) is 0. The van der Waals surface area contributed by atoms with Gasteiger partial charge in [0, 0.05) is 24.8 Å². The van der Waals surface area contributed by atoms with Crippen LogP contribution in [0.5, 0.6) is 0 Å². The highest BCUT2D eigenvalue weighted by Crippen LogP contribution is 2.18. The van der Waals surface area contributed by atoms with Crippen LogP contribution in [0.25, 0.3) is 0 Å². The predicted octanol–water partition coefficient (Wildman–Crippen LogP) is 2.49. The molecule has 21 heavy (non-hydrogen) atoms. The van der Waals surface area contributed by atoms with E-state index in [4.69, 9.17) is 4.74 Å². The molecule has 1 saturated heterocycles. The zero-order chi connectivity index (χ0) is 15.3. The van der Waals surface area contributed by atoms with Crippen molar-refractivity contribution in [1.82, 2.24) is 10.6 Å². The van der Waals surface area contributed by atoms with Crippen molar-refractivity contribution in [2.45, 2.75) is 45.4 Å². The van der Waals surface area contributed by atoms with Gasteiger partial charge in [-0.25, -0.2) is 4.79 Å². The minimum Gasteiger partial charge on any atom is -0.444 e. The highest BCUT2D eigenvalue weighted by molar-refractivity contribution is 5.68. The maximum Gasteiger partial charge on any atom is 0.407 e. The van der Waals surface area contributed by atoms with Gasteiger partial charge in [-0.3, -0.25) is 0 Å². The second-order valence-corrected chi connectivity index (χ2v) is 6.35. The van der Waals surface area contributed by atoms with Crippen molar-refractivity contribution in [3.63, 3.8) is 0 Å². The topological polar surface area (TPSA) is 62.4 Å². The van der Waals surface area contributed by atoms with Crippen LogP contribution in [0.3, 0.4) is 0 Å². The maximum atomic E-state index is 11.7. The van der Waals surface area contributed by atoms with Crippen LogP contribution in [0.15, 0.2) is 24.3 Å². The second kappa shape index (κ2) is 6.80. The van der Waals surface area contributed by atoms with Crippen LogP contribution >= 0.6 is 0 Å². The van der Waals surface area contributed by atoms with E-state index in [1.54, 1.807) is 0 Å². The molecule has 0 radical (unpaired) electrons. The van der Waals surface area contributed by atoms with Crippen LogP contribution in [-0.4, -0.2) is 30.8 Å². The molecule has 5 nitrogen and oxygen atoms in total. The quantitative estimate of drug-likeness (QED) is 0.797. The highest BCUT2D eigenvalue weighted by atomic mass is 16.6. The van der Waals surface area contributed by atoms with Gasteiger partial charge in [-0.05, 0) is 45.4 Å². The molecule has 1 aliphatic rings. The Kier molecular flexibility index (Phi) is 5.07. The molecule has 0 bridgehead atoms. The average Bonchev–Trinajstić information content (AvgIpc) is 2.88. The molecule has 1 atom stereocenters. The van der Waals surface area contributed by atoms with E-state index in [-0.39, 0.29) is 6.09 Å². The summed E-state index contributed by atoms with van der Waals surface area (Å²) in [6, 6.07) is 8.49. The molecule has 1 fully saturated rings. The lowest BCUT2D eigenvalue weighted by molar-refractivity contribution is 0.0523. The fourth-order valence-corrected chi connectivity index (χ4v) is 2.29. The summed E-state index contributed by atoms with van der Waals surface area (Å²) in [5, 5.41) is 9.67. The van der Waals surface area contributed by atoms with E-state index >= 15 is 0 Å². The van der Waals surface area contributed by atoms with Gasteiger partial charge in [0.2, 0.25) is 0 Å². The molecule has 0 aliphatic carbocycles. The molecule has 1 heterocycles. The summed E-state index contributed by atoms with van der Waals surface area (Å²) in [5.41, 5.74) is 1.66. The molecule has 1 unspecified atom stereocenters. The van der Waals surface area contributed by atoms with Crippen LogP contribution in [0.2, 0.25) is 0 Å². The summed E-state index contributed by atoms with van der Waals surface area (Å²) >= 11 is 0. The van der Waals surface area contributed by atoms with Gasteiger partial charge in [-0.2, -0.15) is 0 Å². The van der Waals surface area contributed by atoms with Gasteiger partial charge in [-0.15, -0.1) is 0 Å². The van der Waals surface area contributed by atoms with Gasteiger partial charge in [0.25, 0.3) is 0 Å². The standard InChI is InChI=1S/C16H25N3O2/c1-16(2,3)21-15(20)18-10-12-6-4-5-7-14(12)19-13-8-9-17-11-13/h4-7,13,17,19H,8-11H2,1-3H3,(H,18,20). The molecule has 2 rings (SSSR count). The Labute approximate surface area is 126 Å². The molecule has 1 aliphatic heterocycles. The first-order valence-corrected chi connectivity index (χ1v) is 7.46. The van der Waals surface area contributed by atoms with Gasteiger partial charge in [0.15, 0.2) is 0 Å². The van der Waals surface area contributed by atoms with Crippen molar-refractivity contribution in [3.8, 4) is 0 Å². The largest absolute Gasteiger partial charge is 0.444 e. The molecule has 0 aromatic heterocycles. The Morgan fingerprint density at radius 3 is 2.81 bits per heavy atom. The Morgan fingerprint density at radius 1 is 1.38 bits per heavy atom. The van der Waals surface area contributed by atoms with Gasteiger partial charge >= 0.3 is 6.09 Å². The third-order valence-electron chi connectivity index (χ3n) is 3.26. The molecule has 1 aromatic carbocycles. The van der Waals surface area contributed by atoms with Crippen molar-refractivity contribution < 1.29 is 9.53 Å². The minimum atomic E-state index is -0.475. The van der Waals surface area contributed by atoms with Crippen molar-refractivity contribution in [2.75, 3.05) is 18.4 Å². The maximum absolute atomic E-state index is 11.7. The summed E-state index contributed by atoms with van der Waals surface area (Å²) in [4.78, 5) is 11.7. The van der Waals surface area contributed by atoms with Crippen LogP contribution in [0, 0.1) is 0 Å². The summed E-state index contributed by atoms with van der Waals surface area (Å²) in [6.45, 7) is 8.06. The van der Waals surface area contributed by atoms with E-state index in [0.29, 0.717) is 12.6 Å². The van der Waals surface area contributed by atoms with E-state index in [0.717, 1.165) is 30.8 Å². The van der Waals surface area contributed by atoms with Crippen molar-refractivity contribution in [3.05, 3.63) is 29.8 Å². The zero-order valence-electron chi connectivity index (χ0n) is 13.0. The molecule has 3 N–H and O–H groups in total. The highest BCUT2D eigenvalue weighted by Gasteiger charge is 2.17. The summed E-state index contributed by atoms with van der Waals surface area (Å²) in [6.07, 6.45) is 0.730. The first kappa shape index (κ1) is 15.6. The monoisotopic (exact) mass is 291 g/mol. The Balaban J connectivity index is 1.91. The zero-order valence-corrected chi connectivity index (χ0v) is 13.0. The second-order valence-electron chi connectivity index (χ2n) is 6.35. The Hall–Kier alpha value is -1.75. The van der Waals surface area contributed by atoms with Crippen molar-refractivity contribution >= 4 is 11.8 Å². The van der Waals surface area contributed by atoms with Crippen LogP contribution in [0.1, 0.15) is 32.8 Å². The lowest BCUT2D eigenvalue weighted by Gasteiger charge is -2.20. The number of hydrogen-bond acceptors (Lipinski definition) is 4. The first-order valence-electron chi connectivity index (χ1n) is 7.46. The lowest BCUT2D eigenvalue weighted by atomic mass is 10.1. The number of carbonyl (C=O) groups is 1. The molecule has 5 heteroatoms. The lowest BCUT2D eigenvalue weighted by Crippen LogP contribution is -2.32. The van der Waals surface area contributed by atoms with E-state index in [1.165, 1.54) is 0 Å². The normalized spacial score (nSPS) is 18.3. The van der Waals surface area contributed by atoms with Gasteiger partial charge < -0.3 is 20.7 Å². The van der Waals surface area contributed by atoms with Gasteiger partial charge in [0.05, 0.1) is 0 Å². The molecule has 1 amide bonds. The molecule has 0 saturated carbocycles. The van der Waals surface area contributed by atoms with Crippen LogP contribution in [-0.2, 0) is 11.3 Å². The smallest absolute Gasteiger partial charge is 0.407 e. The molecular formula is C16H25N3O2. The fourth-order valence-electron chi connectivity index (χ4n) is 2.29. The molecule has 1 aromatic rings. The summed E-state index contributed by atoms with van der Waals surface area (Å²) in [5.74, 6) is 0. The third-order valence-corrected chi connectivity index (χ3v) is 3.26. The number of alkyl carbamates (subject to hydrolysis) is 1. The van der Waals surface area contributed by atoms with E-state index in [1.807, 2.05) is 45.0 Å². The molecule has 116 valence electrons. The number of amides is 1. The third kappa shape index (κ3) is 5.27. The minimum absolute atomic E-state index is 0.389. The number of hydrogen-bond donors (Lipinski definition) is 3. The van der Waals surface area contributed by atoms with Crippen molar-refractivity contribution in [1.29, 1.82) is 0 Å². The van der Waals surface area contributed by atoms with Crippen LogP contribution in [0.4, 0.5) is 10.5 Å². The van der Waals surface area contributed by atoms with E-state index < -0.39 is 5.60 Å². The van der Waals surface area contributed by atoms with Gasteiger partial charge in [0.1, 0.15) is 5.60 Å². The molecule has 0 spiro atoms. The van der Waals surface area contributed by atoms with Crippen molar-refractivity contribution in [2.24, 2.45) is 0 Å². The summed E-state index contributed by atoms with van der Waals surface area (Å²) < 4.78 is 5.25. The van der Waals surface area contributed by atoms with E-state index in [2.05, 4.69) is 16.0 Å². The Morgan fingerprint density at radius 2 is 2.14 bits per heavy atom. The van der Waals surface area contributed by atoms with Crippen LogP contribution < -0.4 is 16.0 Å². The van der Waals surface area contributed by atoms with E-state index in [9.17, 15) is 4.79 Å². The Bertz CT molecular complexity index is 477. The molecular weight excluding hydrogens is 266 g/mol. The SMILES string of the molecule is CC(C)(C)OC(=O)NCc1ccccc1NC1CCNC1. The number of benzene rings is 1. The number of carbonyl (C=O) groups excluding carboxylic acids is 1. The first-order chi connectivity index (χ1) is 9.94. The number of anilines is 1. The predicted molar refractivity (Wildman–Crippen MR) is 84.4 cm³/mol.